The van der Waals surface area contributed by atoms with Crippen molar-refractivity contribution in [3.05, 3.63) is 0 Å². The summed E-state index contributed by atoms with van der Waals surface area (Å²) in [5.74, 6) is -3.84. The zero-order valence-electron chi connectivity index (χ0n) is 9.00. The Bertz CT molecular complexity index is 357. The van der Waals surface area contributed by atoms with E-state index >= 15 is 0 Å². The Balaban J connectivity index is 2.37. The lowest BCUT2D eigenvalue weighted by Crippen LogP contribution is -2.42. The first-order chi connectivity index (χ1) is 7.18. The third-order valence-corrected chi connectivity index (χ3v) is 3.26. The Morgan fingerprint density at radius 1 is 1.38 bits per heavy atom. The molecule has 4 nitrogen and oxygen atoms in total. The summed E-state index contributed by atoms with van der Waals surface area (Å²) in [5, 5.41) is 2.46. The Morgan fingerprint density at radius 2 is 1.88 bits per heavy atom. The van der Waals surface area contributed by atoms with Gasteiger partial charge in [-0.3, -0.25) is 4.79 Å². The molecular formula is C9H15F2NO3S. The van der Waals surface area contributed by atoms with Gasteiger partial charge in [-0.25, -0.2) is 17.2 Å². The minimum atomic E-state index is -3.36. The van der Waals surface area contributed by atoms with Crippen LogP contribution in [0.1, 0.15) is 25.7 Å². The Hall–Kier alpha value is -0.720. The van der Waals surface area contributed by atoms with Crippen LogP contribution in [0.3, 0.4) is 0 Å². The van der Waals surface area contributed by atoms with Gasteiger partial charge in [0.25, 0.3) is 0 Å². The average Bonchev–Trinajstić information content (AvgIpc) is 2.05. The van der Waals surface area contributed by atoms with Gasteiger partial charge in [-0.2, -0.15) is 0 Å². The lowest BCUT2D eigenvalue weighted by atomic mass is 9.92. The maximum absolute atomic E-state index is 12.8. The molecule has 0 unspecified atom stereocenters. The highest BCUT2D eigenvalue weighted by molar-refractivity contribution is 7.91. The van der Waals surface area contributed by atoms with Crippen LogP contribution >= 0.6 is 0 Å². The van der Waals surface area contributed by atoms with E-state index < -0.39 is 27.4 Å². The van der Waals surface area contributed by atoms with Crippen LogP contribution in [0.25, 0.3) is 0 Å². The molecule has 0 saturated heterocycles. The summed E-state index contributed by atoms with van der Waals surface area (Å²) in [6.07, 6.45) is 0.847. The maximum atomic E-state index is 12.8. The molecular weight excluding hydrogens is 240 g/mol. The molecule has 1 aliphatic rings. The van der Waals surface area contributed by atoms with Gasteiger partial charge < -0.3 is 5.32 Å². The van der Waals surface area contributed by atoms with E-state index in [9.17, 15) is 22.0 Å². The number of hydrogen-bond acceptors (Lipinski definition) is 3. The molecule has 1 fully saturated rings. The van der Waals surface area contributed by atoms with E-state index in [1.54, 1.807) is 0 Å². The highest BCUT2D eigenvalue weighted by atomic mass is 32.2. The number of rotatable bonds is 3. The topological polar surface area (TPSA) is 63.2 Å². The van der Waals surface area contributed by atoms with Gasteiger partial charge in [0.05, 0.1) is 0 Å². The van der Waals surface area contributed by atoms with Gasteiger partial charge in [-0.1, -0.05) is 0 Å². The van der Waals surface area contributed by atoms with Gasteiger partial charge in [0.15, 0.2) is 9.84 Å². The summed E-state index contributed by atoms with van der Waals surface area (Å²) in [7, 11) is -3.36. The second-order valence-electron chi connectivity index (χ2n) is 4.27. The third kappa shape index (κ3) is 4.87. The van der Waals surface area contributed by atoms with Crippen molar-refractivity contribution in [2.75, 3.05) is 12.0 Å². The number of alkyl halides is 2. The first-order valence-corrected chi connectivity index (χ1v) is 7.09. The van der Waals surface area contributed by atoms with Crippen molar-refractivity contribution in [2.24, 2.45) is 0 Å². The minimum Gasteiger partial charge on any atom is -0.352 e. The molecule has 0 bridgehead atoms. The van der Waals surface area contributed by atoms with E-state index in [1.165, 1.54) is 0 Å². The van der Waals surface area contributed by atoms with Crippen LogP contribution in [0.5, 0.6) is 0 Å². The summed E-state index contributed by atoms with van der Waals surface area (Å²) < 4.78 is 47.2. The number of nitrogens with one attached hydrogen (secondary N) is 1. The van der Waals surface area contributed by atoms with Gasteiger partial charge in [0.1, 0.15) is 5.75 Å². The van der Waals surface area contributed by atoms with E-state index in [0.717, 1.165) is 6.26 Å². The number of carbonyl (C=O) groups is 1. The van der Waals surface area contributed by atoms with E-state index in [4.69, 9.17) is 0 Å². The van der Waals surface area contributed by atoms with Gasteiger partial charge in [0, 0.05) is 25.1 Å². The molecule has 0 aromatic heterocycles. The van der Waals surface area contributed by atoms with Crippen molar-refractivity contribution in [1.29, 1.82) is 0 Å². The van der Waals surface area contributed by atoms with E-state index in [-0.39, 0.29) is 31.7 Å². The lowest BCUT2D eigenvalue weighted by molar-refractivity contribution is -0.120. The first kappa shape index (κ1) is 13.3. The number of sulfone groups is 1. The predicted octanol–water partition coefficient (Wildman–Crippen LogP) is 0.725. The molecule has 1 rings (SSSR count). The van der Waals surface area contributed by atoms with Crippen molar-refractivity contribution >= 4 is 15.7 Å². The predicted molar refractivity (Wildman–Crippen MR) is 55.1 cm³/mol. The molecule has 0 radical (unpaired) electrons. The van der Waals surface area contributed by atoms with Crippen molar-refractivity contribution in [2.45, 2.75) is 37.6 Å². The number of carbonyl (C=O) groups excluding carboxylic acids is 1. The second-order valence-corrected chi connectivity index (χ2v) is 6.41. The average molecular weight is 255 g/mol. The smallest absolute Gasteiger partial charge is 0.248 e. The number of hydrogen-bond donors (Lipinski definition) is 1. The van der Waals surface area contributed by atoms with Crippen LogP contribution in [0.2, 0.25) is 0 Å². The van der Waals surface area contributed by atoms with Gasteiger partial charge in [-0.15, -0.1) is 0 Å². The molecule has 0 aromatic rings. The molecule has 0 heterocycles. The fourth-order valence-corrected chi connectivity index (χ4v) is 2.25. The maximum Gasteiger partial charge on any atom is 0.248 e. The molecule has 1 N–H and O–H groups in total. The minimum absolute atomic E-state index is 0.197. The van der Waals surface area contributed by atoms with Crippen molar-refractivity contribution in [3.63, 3.8) is 0 Å². The molecule has 0 atom stereocenters. The van der Waals surface area contributed by atoms with Crippen LogP contribution in [0, 0.1) is 0 Å². The first-order valence-electron chi connectivity index (χ1n) is 5.03. The summed E-state index contributed by atoms with van der Waals surface area (Å²) in [6, 6.07) is -0.325. The van der Waals surface area contributed by atoms with Crippen LogP contribution in [-0.2, 0) is 14.6 Å². The Labute approximate surface area is 93.3 Å². The Morgan fingerprint density at radius 3 is 2.31 bits per heavy atom. The summed E-state index contributed by atoms with van der Waals surface area (Å²) in [6.45, 7) is 0. The molecule has 0 spiro atoms. The van der Waals surface area contributed by atoms with Crippen LogP contribution in [-0.4, -0.2) is 38.3 Å². The normalized spacial score (nSPS) is 21.7. The molecule has 1 saturated carbocycles. The lowest BCUT2D eigenvalue weighted by Gasteiger charge is -2.28. The molecule has 16 heavy (non-hydrogen) atoms. The van der Waals surface area contributed by atoms with Crippen LogP contribution < -0.4 is 5.32 Å². The molecule has 0 aliphatic heterocycles. The zero-order valence-corrected chi connectivity index (χ0v) is 9.82. The molecule has 0 aromatic carbocycles. The largest absolute Gasteiger partial charge is 0.352 e. The monoisotopic (exact) mass is 255 g/mol. The van der Waals surface area contributed by atoms with Crippen molar-refractivity contribution < 1.29 is 22.0 Å². The zero-order chi connectivity index (χ0) is 12.4. The Kier molecular flexibility index (Phi) is 3.88. The van der Waals surface area contributed by atoms with Gasteiger partial charge >= 0.3 is 0 Å². The van der Waals surface area contributed by atoms with Crippen molar-refractivity contribution in [3.8, 4) is 0 Å². The highest BCUT2D eigenvalue weighted by Gasteiger charge is 2.35. The van der Waals surface area contributed by atoms with E-state index in [1.807, 2.05) is 0 Å². The number of halogens is 2. The SMILES string of the molecule is CS(=O)(=O)CC(=O)NC1CCC(F)(F)CC1. The fraction of sp³-hybridized carbons (Fsp3) is 0.889. The summed E-state index contributed by atoms with van der Waals surface area (Å²) >= 11 is 0. The molecule has 1 amide bonds. The van der Waals surface area contributed by atoms with E-state index in [0.29, 0.717) is 0 Å². The molecule has 1 aliphatic carbocycles. The van der Waals surface area contributed by atoms with Crippen LogP contribution in [0.4, 0.5) is 8.78 Å². The van der Waals surface area contributed by atoms with E-state index in [2.05, 4.69) is 5.32 Å². The standard InChI is InChI=1S/C9H15F2NO3S/c1-16(14,15)6-8(13)12-7-2-4-9(10,11)5-3-7/h7H,2-6H2,1H3,(H,12,13). The highest BCUT2D eigenvalue weighted by Crippen LogP contribution is 2.32. The van der Waals surface area contributed by atoms with Gasteiger partial charge in [0.2, 0.25) is 11.8 Å². The second kappa shape index (κ2) is 4.65. The summed E-state index contributed by atoms with van der Waals surface area (Å²) in [5.41, 5.74) is 0. The van der Waals surface area contributed by atoms with Crippen LogP contribution in [0.15, 0.2) is 0 Å². The quantitative estimate of drug-likeness (QED) is 0.808. The molecule has 7 heteroatoms. The summed E-state index contributed by atoms with van der Waals surface area (Å²) in [4.78, 5) is 11.2. The number of amides is 1. The fourth-order valence-electron chi connectivity index (χ4n) is 1.69. The third-order valence-electron chi connectivity index (χ3n) is 2.48. The van der Waals surface area contributed by atoms with Gasteiger partial charge in [-0.05, 0) is 12.8 Å². The van der Waals surface area contributed by atoms with Crippen molar-refractivity contribution in [1.82, 2.24) is 5.32 Å². The molecule has 94 valence electrons.